The lowest BCUT2D eigenvalue weighted by atomic mass is 9.95. The highest BCUT2D eigenvalue weighted by atomic mass is 79.9. The Hall–Kier alpha value is -3.19. The summed E-state index contributed by atoms with van der Waals surface area (Å²) in [6.45, 7) is 0. The van der Waals surface area contributed by atoms with Crippen LogP contribution in [-0.2, 0) is 6.18 Å². The molecule has 0 aliphatic heterocycles. The molecule has 1 unspecified atom stereocenters. The van der Waals surface area contributed by atoms with Gasteiger partial charge in [0.2, 0.25) is 5.95 Å². The van der Waals surface area contributed by atoms with Gasteiger partial charge in [0.25, 0.3) is 5.91 Å². The van der Waals surface area contributed by atoms with E-state index < -0.39 is 52.3 Å². The van der Waals surface area contributed by atoms with E-state index in [2.05, 4.69) is 31.3 Å². The lowest BCUT2D eigenvalue weighted by molar-refractivity contribution is -0.140. The summed E-state index contributed by atoms with van der Waals surface area (Å²) >= 11 is 8.77. The van der Waals surface area contributed by atoms with E-state index in [1.807, 2.05) is 5.43 Å². The summed E-state index contributed by atoms with van der Waals surface area (Å²) in [5, 5.41) is 0.112. The number of alkyl halides is 6. The summed E-state index contributed by atoms with van der Waals surface area (Å²) in [7, 11) is 0. The average Bonchev–Trinajstić information content (AvgIpc) is 2.81. The average molecular weight is 598 g/mol. The van der Waals surface area contributed by atoms with Gasteiger partial charge in [-0.3, -0.25) is 15.6 Å². The first-order valence-corrected chi connectivity index (χ1v) is 10.9. The molecule has 0 saturated carbocycles. The van der Waals surface area contributed by atoms with E-state index in [9.17, 15) is 35.5 Å². The number of aromatic nitrogens is 2. The van der Waals surface area contributed by atoms with Crippen molar-refractivity contribution in [3.8, 4) is 0 Å². The first-order valence-electron chi connectivity index (χ1n) is 9.71. The Bertz CT molecular complexity index is 1280. The van der Waals surface area contributed by atoms with Crippen LogP contribution in [0.15, 0.2) is 65.4 Å². The number of hydrazine groups is 1. The maximum atomic E-state index is 14.9. The van der Waals surface area contributed by atoms with Crippen molar-refractivity contribution in [2.75, 3.05) is 5.43 Å². The lowest BCUT2D eigenvalue weighted by Gasteiger charge is -2.19. The number of allylic oxidation sites excluding steroid dienone is 1. The van der Waals surface area contributed by atoms with Gasteiger partial charge in [0.05, 0.1) is 16.1 Å². The number of nitrogens with one attached hydrogen (secondary N) is 2. The maximum Gasteiger partial charge on any atom is 0.417 e. The Kier molecular flexibility index (Phi) is 8.24. The molecule has 1 heterocycles. The van der Waals surface area contributed by atoms with Crippen LogP contribution in [0, 0.1) is 0 Å². The first kappa shape index (κ1) is 27.4. The number of hydrogen-bond donors (Lipinski definition) is 2. The molecule has 2 N–H and O–H groups in total. The van der Waals surface area contributed by atoms with Crippen molar-refractivity contribution in [2.45, 2.75) is 18.3 Å². The second-order valence-corrected chi connectivity index (χ2v) is 8.38. The number of nitrogens with zero attached hydrogens (tertiary/aromatic N) is 2. The van der Waals surface area contributed by atoms with Crippen LogP contribution in [0.5, 0.6) is 0 Å². The van der Waals surface area contributed by atoms with E-state index in [4.69, 9.17) is 11.6 Å². The van der Waals surface area contributed by atoms with E-state index >= 15 is 0 Å². The van der Waals surface area contributed by atoms with Crippen LogP contribution in [0.4, 0.5) is 36.7 Å². The third kappa shape index (κ3) is 6.72. The molecule has 1 amide bonds. The minimum absolute atomic E-state index is 0.112. The quantitative estimate of drug-likeness (QED) is 0.231. The molecule has 0 fully saturated rings. The Morgan fingerprint density at radius 2 is 1.69 bits per heavy atom. The van der Waals surface area contributed by atoms with Crippen LogP contribution in [0.2, 0.25) is 5.02 Å². The van der Waals surface area contributed by atoms with Gasteiger partial charge in [0, 0.05) is 22.4 Å². The van der Waals surface area contributed by atoms with Gasteiger partial charge in [-0.15, -0.1) is 0 Å². The Balaban J connectivity index is 1.96. The second-order valence-electron chi connectivity index (χ2n) is 7.12. The molecule has 3 aromatic rings. The topological polar surface area (TPSA) is 66.9 Å². The zero-order chi connectivity index (χ0) is 26.7. The summed E-state index contributed by atoms with van der Waals surface area (Å²) in [4.78, 5) is 19.8. The van der Waals surface area contributed by atoms with Gasteiger partial charge in [0.15, 0.2) is 0 Å². The normalized spacial score (nSPS) is 13.3. The number of carbonyl (C=O) groups is 1. The minimum Gasteiger partial charge on any atom is -0.267 e. The summed E-state index contributed by atoms with van der Waals surface area (Å²) in [5.41, 5.74) is 0.524. The molecule has 5 nitrogen and oxygen atoms in total. The molecule has 0 aliphatic rings. The van der Waals surface area contributed by atoms with Gasteiger partial charge in [-0.2, -0.15) is 26.3 Å². The number of rotatable bonds is 6. The van der Waals surface area contributed by atoms with Gasteiger partial charge >= 0.3 is 12.4 Å². The molecule has 14 heteroatoms. The summed E-state index contributed by atoms with van der Waals surface area (Å²) in [6, 6.07) is 6.34. The lowest BCUT2D eigenvalue weighted by Crippen LogP contribution is -2.32. The fourth-order valence-corrected chi connectivity index (χ4v) is 3.51. The van der Waals surface area contributed by atoms with E-state index in [-0.39, 0.29) is 27.6 Å². The van der Waals surface area contributed by atoms with E-state index in [0.29, 0.717) is 6.07 Å². The molecule has 36 heavy (non-hydrogen) atoms. The van der Waals surface area contributed by atoms with E-state index in [0.717, 1.165) is 24.3 Å². The molecule has 0 spiro atoms. The molecule has 3 rings (SSSR count). The molecule has 0 bridgehead atoms. The highest BCUT2D eigenvalue weighted by Crippen LogP contribution is 2.41. The number of anilines is 1. The zero-order valence-corrected chi connectivity index (χ0v) is 19.9. The van der Waals surface area contributed by atoms with Gasteiger partial charge < -0.3 is 0 Å². The fourth-order valence-electron chi connectivity index (χ4n) is 3.00. The molecule has 0 saturated heterocycles. The van der Waals surface area contributed by atoms with E-state index in [1.165, 1.54) is 18.5 Å². The molecular formula is C22H13BrClF7N4O. The maximum absolute atomic E-state index is 14.9. The highest BCUT2D eigenvalue weighted by molar-refractivity contribution is 9.10. The predicted molar refractivity (Wildman–Crippen MR) is 122 cm³/mol. The number of hydrogen-bond acceptors (Lipinski definition) is 4. The Morgan fingerprint density at radius 3 is 2.28 bits per heavy atom. The fraction of sp³-hybridized carbons (Fsp3) is 0.136. The molecule has 1 aromatic heterocycles. The van der Waals surface area contributed by atoms with Gasteiger partial charge in [-0.25, -0.2) is 14.4 Å². The van der Waals surface area contributed by atoms with Crippen molar-refractivity contribution in [1.29, 1.82) is 0 Å². The Morgan fingerprint density at radius 1 is 1.03 bits per heavy atom. The van der Waals surface area contributed by atoms with Crippen molar-refractivity contribution in [3.05, 3.63) is 92.7 Å². The van der Waals surface area contributed by atoms with Crippen molar-refractivity contribution < 1.29 is 35.5 Å². The largest absolute Gasteiger partial charge is 0.417 e. The highest BCUT2D eigenvalue weighted by Gasteiger charge is 2.40. The Labute approximate surface area is 212 Å². The van der Waals surface area contributed by atoms with Crippen LogP contribution in [0.1, 0.15) is 33.0 Å². The SMILES string of the molecule is O=C(NNc1ncccn1)c1ccc(C(F)=CC(c2ccc(Cl)c(Br)c2)C(F)(F)F)cc1C(F)(F)F. The first-order chi connectivity index (χ1) is 16.8. The number of benzene rings is 2. The second kappa shape index (κ2) is 10.8. The summed E-state index contributed by atoms with van der Waals surface area (Å²) in [5.74, 6) is -5.43. The molecule has 1 atom stereocenters. The summed E-state index contributed by atoms with van der Waals surface area (Å²) in [6.07, 6.45) is -7.33. The molecule has 2 aromatic carbocycles. The van der Waals surface area contributed by atoms with Crippen molar-refractivity contribution >= 4 is 45.2 Å². The molecule has 190 valence electrons. The monoisotopic (exact) mass is 596 g/mol. The van der Waals surface area contributed by atoms with Crippen molar-refractivity contribution in [3.63, 3.8) is 0 Å². The predicted octanol–water partition coefficient (Wildman–Crippen LogP) is 7.32. The van der Waals surface area contributed by atoms with Crippen LogP contribution < -0.4 is 10.9 Å². The molecule has 0 radical (unpaired) electrons. The zero-order valence-electron chi connectivity index (χ0n) is 17.6. The molecule has 0 aliphatic carbocycles. The van der Waals surface area contributed by atoms with Gasteiger partial charge in [-0.1, -0.05) is 23.7 Å². The van der Waals surface area contributed by atoms with E-state index in [1.54, 1.807) is 0 Å². The van der Waals surface area contributed by atoms with Crippen molar-refractivity contribution in [2.24, 2.45) is 0 Å². The van der Waals surface area contributed by atoms with Crippen LogP contribution in [0.3, 0.4) is 0 Å². The summed E-state index contributed by atoms with van der Waals surface area (Å²) < 4.78 is 96.9. The number of halogens is 9. The van der Waals surface area contributed by atoms with Gasteiger partial charge in [0.1, 0.15) is 11.7 Å². The van der Waals surface area contributed by atoms with Crippen LogP contribution in [0.25, 0.3) is 5.83 Å². The smallest absolute Gasteiger partial charge is 0.267 e. The number of amides is 1. The van der Waals surface area contributed by atoms with Gasteiger partial charge in [-0.05, 0) is 57.9 Å². The van der Waals surface area contributed by atoms with Crippen LogP contribution >= 0.6 is 27.5 Å². The minimum atomic E-state index is -5.13. The third-order valence-electron chi connectivity index (χ3n) is 4.67. The van der Waals surface area contributed by atoms with Crippen LogP contribution in [-0.4, -0.2) is 22.1 Å². The standard InChI is InChI=1S/C22H13BrClF7N4O/c23-16-9-11(3-5-17(16)24)14(21(26,27)28)10-18(25)12-2-4-13(15(8-12)22(29,30)31)19(36)34-35-20-32-6-1-7-33-20/h1-10,14H,(H,34,36)(H,32,33,35). The third-order valence-corrected chi connectivity index (χ3v) is 5.88. The number of carbonyl (C=O) groups excluding carboxylic acids is 1. The molecular weight excluding hydrogens is 585 g/mol. The van der Waals surface area contributed by atoms with Crippen molar-refractivity contribution in [1.82, 2.24) is 15.4 Å².